The number of hydrogen-bond acceptors (Lipinski definition) is 8. The van der Waals surface area contributed by atoms with E-state index in [-0.39, 0.29) is 29.6 Å². The lowest BCUT2D eigenvalue weighted by atomic mass is 9.91. The van der Waals surface area contributed by atoms with E-state index in [0.717, 1.165) is 69.1 Å². The van der Waals surface area contributed by atoms with Gasteiger partial charge in [-0.15, -0.1) is 0 Å². The highest BCUT2D eigenvalue weighted by atomic mass is 16.2. The number of rotatable bonds is 7. The topological polar surface area (TPSA) is 131 Å². The van der Waals surface area contributed by atoms with E-state index in [2.05, 4.69) is 47.6 Å². The number of nitrogens with zero attached hydrogens (tertiary/aromatic N) is 5. The number of aryl methyl sites for hydroxylation is 1. The van der Waals surface area contributed by atoms with Crippen LogP contribution in [0.3, 0.4) is 0 Å². The number of aromatic nitrogens is 4. The zero-order valence-corrected chi connectivity index (χ0v) is 25.2. The molecule has 2 atom stereocenters. The van der Waals surface area contributed by atoms with E-state index in [1.54, 1.807) is 6.20 Å². The molecule has 2 aliphatic heterocycles. The van der Waals surface area contributed by atoms with E-state index < -0.39 is 0 Å². The summed E-state index contributed by atoms with van der Waals surface area (Å²) in [6.07, 6.45) is 9.27. The molecule has 6 rings (SSSR count). The first-order valence-corrected chi connectivity index (χ1v) is 15.8. The van der Waals surface area contributed by atoms with Gasteiger partial charge in [-0.25, -0.2) is 15.0 Å². The van der Waals surface area contributed by atoms with Crippen molar-refractivity contribution >= 4 is 29.0 Å². The summed E-state index contributed by atoms with van der Waals surface area (Å²) in [4.78, 5) is 47.9. The summed E-state index contributed by atoms with van der Waals surface area (Å²) in [6, 6.07) is 10.4. The predicted molar refractivity (Wildman–Crippen MR) is 168 cm³/mol. The van der Waals surface area contributed by atoms with E-state index >= 15 is 0 Å². The Morgan fingerprint density at radius 3 is 2.60 bits per heavy atom. The largest absolute Gasteiger partial charge is 0.367 e. The van der Waals surface area contributed by atoms with Gasteiger partial charge in [-0.3, -0.25) is 9.59 Å². The molecular weight excluding hydrogens is 542 g/mol. The zero-order valence-electron chi connectivity index (χ0n) is 25.2. The molecule has 3 aromatic rings. The standard InChI is InChI=1S/C32H43N9O2/c1-21-12-13-23(31(42)37-24-8-4-3-5-9-24)20-41(21)29-18-26(35-22(2)36-29)27-19-34-30(38-27)32(43)39-25-10-6-7-11-28(25)40-16-14-33-15-17-40/h6-7,10-11,18-19,21,23-24,33H,3-5,8-9,12-17,20H2,1-2H3,(H,34,38)(H,37,42)(H,39,43)/t21-,23-/m0/s1. The third-order valence-corrected chi connectivity index (χ3v) is 9.00. The molecule has 11 heteroatoms. The Morgan fingerprint density at radius 2 is 1.79 bits per heavy atom. The number of amides is 2. The number of H-pyrrole nitrogens is 1. The van der Waals surface area contributed by atoms with Gasteiger partial charge in [0, 0.05) is 50.9 Å². The molecule has 0 unspecified atom stereocenters. The zero-order chi connectivity index (χ0) is 29.8. The number of piperidine rings is 1. The van der Waals surface area contributed by atoms with Gasteiger partial charge in [0.2, 0.25) is 5.91 Å². The van der Waals surface area contributed by atoms with Crippen molar-refractivity contribution in [1.82, 2.24) is 30.6 Å². The Labute approximate surface area is 253 Å². The number of nitrogens with one attached hydrogen (secondary N) is 4. The normalized spacial score (nSPS) is 21.4. The van der Waals surface area contributed by atoms with Crippen molar-refractivity contribution in [2.24, 2.45) is 5.92 Å². The molecule has 4 N–H and O–H groups in total. The molecule has 43 heavy (non-hydrogen) atoms. The fraction of sp³-hybridized carbons (Fsp3) is 0.531. The van der Waals surface area contributed by atoms with Gasteiger partial charge in [-0.1, -0.05) is 31.4 Å². The quantitative estimate of drug-likeness (QED) is 0.329. The summed E-state index contributed by atoms with van der Waals surface area (Å²) in [5, 5.41) is 9.73. The van der Waals surface area contributed by atoms with Crippen molar-refractivity contribution in [3.8, 4) is 11.4 Å². The second kappa shape index (κ2) is 13.1. The molecule has 2 aromatic heterocycles. The number of aromatic amines is 1. The van der Waals surface area contributed by atoms with Crippen LogP contribution in [0.1, 0.15) is 68.3 Å². The van der Waals surface area contributed by atoms with Crippen LogP contribution in [0.25, 0.3) is 11.4 Å². The van der Waals surface area contributed by atoms with Crippen LogP contribution in [0, 0.1) is 12.8 Å². The van der Waals surface area contributed by atoms with E-state index in [9.17, 15) is 9.59 Å². The Balaban J connectivity index is 1.16. The monoisotopic (exact) mass is 585 g/mol. The number of para-hydroxylation sites is 2. The highest BCUT2D eigenvalue weighted by Gasteiger charge is 2.32. The molecule has 0 radical (unpaired) electrons. The molecule has 0 spiro atoms. The molecule has 1 aromatic carbocycles. The van der Waals surface area contributed by atoms with Crippen LogP contribution in [0.2, 0.25) is 0 Å². The van der Waals surface area contributed by atoms with E-state index in [1.165, 1.54) is 19.3 Å². The molecule has 2 saturated heterocycles. The SMILES string of the molecule is Cc1nc(-c2cnc(C(=O)Nc3ccccc3N3CCNCC3)[nH]2)cc(N2C[C@@H](C(=O)NC3CCCCC3)CC[C@@H]2C)n1. The summed E-state index contributed by atoms with van der Waals surface area (Å²) in [5.74, 6) is 1.42. The van der Waals surface area contributed by atoms with Gasteiger partial charge in [0.15, 0.2) is 5.82 Å². The van der Waals surface area contributed by atoms with Gasteiger partial charge in [-0.05, 0) is 51.7 Å². The Bertz CT molecular complexity index is 1430. The molecular formula is C32H43N9O2. The van der Waals surface area contributed by atoms with Crippen LogP contribution in [0.4, 0.5) is 17.2 Å². The van der Waals surface area contributed by atoms with Crippen LogP contribution in [-0.2, 0) is 4.79 Å². The maximum Gasteiger partial charge on any atom is 0.291 e. The molecule has 1 saturated carbocycles. The van der Waals surface area contributed by atoms with Gasteiger partial charge in [-0.2, -0.15) is 0 Å². The summed E-state index contributed by atoms with van der Waals surface area (Å²) < 4.78 is 0. The van der Waals surface area contributed by atoms with E-state index in [1.807, 2.05) is 37.3 Å². The highest BCUT2D eigenvalue weighted by Crippen LogP contribution is 2.30. The first kappa shape index (κ1) is 29.1. The average molecular weight is 586 g/mol. The van der Waals surface area contributed by atoms with Gasteiger partial charge in [0.25, 0.3) is 5.91 Å². The smallest absolute Gasteiger partial charge is 0.291 e. The molecule has 1 aliphatic carbocycles. The molecule has 3 aliphatic rings. The number of benzene rings is 1. The van der Waals surface area contributed by atoms with Crippen molar-refractivity contribution < 1.29 is 9.59 Å². The minimum absolute atomic E-state index is 0.0663. The molecule has 11 nitrogen and oxygen atoms in total. The predicted octanol–water partition coefficient (Wildman–Crippen LogP) is 3.89. The summed E-state index contributed by atoms with van der Waals surface area (Å²) in [5.41, 5.74) is 3.06. The number of carbonyl (C=O) groups is 2. The first-order chi connectivity index (χ1) is 20.9. The van der Waals surface area contributed by atoms with Crippen molar-refractivity contribution in [2.45, 2.75) is 70.9 Å². The van der Waals surface area contributed by atoms with Crippen LogP contribution >= 0.6 is 0 Å². The number of carbonyl (C=O) groups excluding carboxylic acids is 2. The maximum absolute atomic E-state index is 13.2. The van der Waals surface area contributed by atoms with Crippen molar-refractivity contribution in [2.75, 3.05) is 47.8 Å². The fourth-order valence-corrected chi connectivity index (χ4v) is 6.55. The van der Waals surface area contributed by atoms with Crippen LogP contribution in [0.5, 0.6) is 0 Å². The van der Waals surface area contributed by atoms with E-state index in [4.69, 9.17) is 4.98 Å². The number of anilines is 3. The summed E-state index contributed by atoms with van der Waals surface area (Å²) >= 11 is 0. The Morgan fingerprint density at radius 1 is 1.00 bits per heavy atom. The van der Waals surface area contributed by atoms with Crippen LogP contribution in [0.15, 0.2) is 36.5 Å². The minimum Gasteiger partial charge on any atom is -0.367 e. The summed E-state index contributed by atoms with van der Waals surface area (Å²) in [6.45, 7) is 8.26. The van der Waals surface area contributed by atoms with Crippen molar-refractivity contribution in [1.29, 1.82) is 0 Å². The Kier molecular flexibility index (Phi) is 8.87. The molecule has 228 valence electrons. The third-order valence-electron chi connectivity index (χ3n) is 9.00. The first-order valence-electron chi connectivity index (χ1n) is 15.8. The lowest BCUT2D eigenvalue weighted by Crippen LogP contribution is -2.49. The summed E-state index contributed by atoms with van der Waals surface area (Å²) in [7, 11) is 0. The van der Waals surface area contributed by atoms with E-state index in [0.29, 0.717) is 29.8 Å². The minimum atomic E-state index is -0.309. The highest BCUT2D eigenvalue weighted by molar-refractivity contribution is 6.04. The number of hydrogen-bond donors (Lipinski definition) is 4. The Hall–Kier alpha value is -3.99. The lowest BCUT2D eigenvalue weighted by molar-refractivity contribution is -0.126. The van der Waals surface area contributed by atoms with Gasteiger partial charge in [0.05, 0.1) is 34.9 Å². The second-order valence-electron chi connectivity index (χ2n) is 12.1. The second-order valence-corrected chi connectivity index (χ2v) is 12.1. The van der Waals surface area contributed by atoms with Crippen molar-refractivity contribution in [3.63, 3.8) is 0 Å². The molecule has 4 heterocycles. The fourth-order valence-electron chi connectivity index (χ4n) is 6.55. The average Bonchev–Trinajstić information content (AvgIpc) is 3.53. The number of piperazine rings is 1. The van der Waals surface area contributed by atoms with Crippen molar-refractivity contribution in [3.05, 3.63) is 48.2 Å². The molecule has 0 bridgehead atoms. The van der Waals surface area contributed by atoms with Crippen LogP contribution in [-0.4, -0.2) is 76.6 Å². The van der Waals surface area contributed by atoms with Gasteiger partial charge in [0.1, 0.15) is 11.6 Å². The number of imidazole rings is 1. The lowest BCUT2D eigenvalue weighted by Gasteiger charge is -2.39. The maximum atomic E-state index is 13.2. The molecule has 3 fully saturated rings. The van der Waals surface area contributed by atoms with Gasteiger partial charge >= 0.3 is 0 Å². The molecule has 2 amide bonds. The van der Waals surface area contributed by atoms with Crippen LogP contribution < -0.4 is 25.8 Å². The third kappa shape index (κ3) is 6.82. The van der Waals surface area contributed by atoms with Gasteiger partial charge < -0.3 is 30.7 Å².